The Morgan fingerprint density at radius 1 is 1.30 bits per heavy atom. The average Bonchev–Trinajstić information content (AvgIpc) is 2.78. The van der Waals surface area contributed by atoms with Gasteiger partial charge < -0.3 is 4.74 Å². The summed E-state index contributed by atoms with van der Waals surface area (Å²) in [6.45, 7) is 2.34. The van der Waals surface area contributed by atoms with Gasteiger partial charge in [-0.2, -0.15) is 5.10 Å². The van der Waals surface area contributed by atoms with Crippen LogP contribution in [0, 0.1) is 6.92 Å². The molecule has 2 aromatic rings. The number of hydrogen-bond acceptors (Lipinski definition) is 4. The molecule has 2 heterocycles. The highest BCUT2D eigenvalue weighted by molar-refractivity contribution is 7.92. The molecule has 106 valence electrons. The molecule has 0 spiro atoms. The van der Waals surface area contributed by atoms with Crippen LogP contribution in [0.2, 0.25) is 0 Å². The molecule has 0 unspecified atom stereocenters. The molecule has 0 N–H and O–H groups in total. The number of sulfonamides is 1. The van der Waals surface area contributed by atoms with Gasteiger partial charge in [0.05, 0.1) is 17.9 Å². The fraction of sp³-hybridized carbons (Fsp3) is 0.308. The summed E-state index contributed by atoms with van der Waals surface area (Å²) in [6, 6.07) is 7.14. The van der Waals surface area contributed by atoms with E-state index in [-0.39, 0.29) is 4.90 Å². The Balaban J connectivity index is 2.12. The second-order valence-electron chi connectivity index (χ2n) is 4.65. The molecule has 20 heavy (non-hydrogen) atoms. The van der Waals surface area contributed by atoms with Crippen LogP contribution in [-0.4, -0.2) is 31.3 Å². The van der Waals surface area contributed by atoms with Crippen molar-refractivity contribution < 1.29 is 13.2 Å². The SMILES string of the molecule is Cc1nn(C)cc1S(=O)(=O)N1CCOc2ccccc21. The van der Waals surface area contributed by atoms with E-state index >= 15 is 0 Å². The minimum atomic E-state index is -3.62. The Morgan fingerprint density at radius 3 is 2.75 bits per heavy atom. The Kier molecular flexibility index (Phi) is 2.93. The first-order chi connectivity index (χ1) is 9.50. The second-order valence-corrected chi connectivity index (χ2v) is 6.48. The Bertz CT molecular complexity index is 752. The van der Waals surface area contributed by atoms with Crippen LogP contribution in [0.1, 0.15) is 5.69 Å². The maximum absolute atomic E-state index is 12.8. The fourth-order valence-corrected chi connectivity index (χ4v) is 4.01. The topological polar surface area (TPSA) is 64.4 Å². The van der Waals surface area contributed by atoms with Gasteiger partial charge in [0, 0.05) is 13.2 Å². The second kappa shape index (κ2) is 4.52. The lowest BCUT2D eigenvalue weighted by Crippen LogP contribution is -2.38. The van der Waals surface area contributed by atoms with Crippen LogP contribution in [0.5, 0.6) is 5.75 Å². The molecule has 0 amide bonds. The summed E-state index contributed by atoms with van der Waals surface area (Å²) in [5.74, 6) is 0.587. The highest BCUT2D eigenvalue weighted by Crippen LogP contribution is 2.35. The minimum Gasteiger partial charge on any atom is -0.489 e. The quantitative estimate of drug-likeness (QED) is 0.837. The van der Waals surface area contributed by atoms with Gasteiger partial charge in [-0.3, -0.25) is 8.99 Å². The zero-order valence-electron chi connectivity index (χ0n) is 11.3. The van der Waals surface area contributed by atoms with Crippen molar-refractivity contribution >= 4 is 15.7 Å². The summed E-state index contributed by atoms with van der Waals surface area (Å²) >= 11 is 0. The summed E-state index contributed by atoms with van der Waals surface area (Å²) < 4.78 is 34.0. The summed E-state index contributed by atoms with van der Waals surface area (Å²) in [5.41, 5.74) is 1.07. The number of aromatic nitrogens is 2. The number of nitrogens with zero attached hydrogens (tertiary/aromatic N) is 3. The summed E-state index contributed by atoms with van der Waals surface area (Å²) in [7, 11) is -1.91. The number of fused-ring (bicyclic) bond motifs is 1. The van der Waals surface area contributed by atoms with E-state index in [2.05, 4.69) is 5.10 Å². The molecule has 0 aliphatic carbocycles. The molecule has 0 radical (unpaired) electrons. The van der Waals surface area contributed by atoms with Crippen molar-refractivity contribution in [1.82, 2.24) is 9.78 Å². The summed E-state index contributed by atoms with van der Waals surface area (Å²) in [4.78, 5) is 0.233. The first-order valence-corrected chi connectivity index (χ1v) is 7.69. The zero-order chi connectivity index (χ0) is 14.3. The van der Waals surface area contributed by atoms with Crippen LogP contribution in [0.4, 0.5) is 5.69 Å². The van der Waals surface area contributed by atoms with E-state index in [0.717, 1.165) is 0 Å². The number of anilines is 1. The molecule has 0 saturated carbocycles. The van der Waals surface area contributed by atoms with Gasteiger partial charge in [-0.25, -0.2) is 8.42 Å². The van der Waals surface area contributed by atoms with Gasteiger partial charge in [0.2, 0.25) is 0 Å². The van der Waals surface area contributed by atoms with Gasteiger partial charge in [0.1, 0.15) is 17.3 Å². The van der Waals surface area contributed by atoms with E-state index in [1.54, 1.807) is 32.2 Å². The molecule has 3 rings (SSSR count). The molecular formula is C13H15N3O3S. The summed E-state index contributed by atoms with van der Waals surface area (Å²) in [5, 5.41) is 4.11. The van der Waals surface area contributed by atoms with E-state index in [0.29, 0.717) is 30.3 Å². The highest BCUT2D eigenvalue weighted by atomic mass is 32.2. The first kappa shape index (κ1) is 13.0. The molecule has 1 aromatic carbocycles. The number of rotatable bonds is 2. The van der Waals surface area contributed by atoms with E-state index in [1.165, 1.54) is 15.2 Å². The molecule has 0 bridgehead atoms. The van der Waals surface area contributed by atoms with Gasteiger partial charge in [0.15, 0.2) is 0 Å². The Hall–Kier alpha value is -2.02. The lowest BCUT2D eigenvalue weighted by molar-refractivity contribution is 0.316. The zero-order valence-corrected chi connectivity index (χ0v) is 12.1. The van der Waals surface area contributed by atoms with Crippen molar-refractivity contribution in [2.45, 2.75) is 11.8 Å². The third-order valence-electron chi connectivity index (χ3n) is 3.22. The smallest absolute Gasteiger partial charge is 0.267 e. The van der Waals surface area contributed by atoms with Gasteiger partial charge in [0.25, 0.3) is 10.0 Å². The summed E-state index contributed by atoms with van der Waals surface area (Å²) in [6.07, 6.45) is 1.53. The number of ether oxygens (including phenoxy) is 1. The van der Waals surface area contributed by atoms with Crippen molar-refractivity contribution in [3.63, 3.8) is 0 Å². The molecular weight excluding hydrogens is 278 g/mol. The fourth-order valence-electron chi connectivity index (χ4n) is 2.34. The molecule has 0 saturated heterocycles. The third kappa shape index (κ3) is 1.94. The van der Waals surface area contributed by atoms with Gasteiger partial charge in [-0.1, -0.05) is 12.1 Å². The molecule has 7 heteroatoms. The standard InChI is InChI=1S/C13H15N3O3S/c1-10-13(9-15(2)14-10)20(17,18)16-7-8-19-12-6-4-3-5-11(12)16/h3-6,9H,7-8H2,1-2H3. The van der Waals surface area contributed by atoms with Crippen molar-refractivity contribution in [1.29, 1.82) is 0 Å². The van der Waals surface area contributed by atoms with Crippen molar-refractivity contribution in [3.05, 3.63) is 36.2 Å². The number of hydrogen-bond donors (Lipinski definition) is 0. The van der Waals surface area contributed by atoms with Gasteiger partial charge in [-0.15, -0.1) is 0 Å². The Morgan fingerprint density at radius 2 is 2.05 bits per heavy atom. The van der Waals surface area contributed by atoms with E-state index in [9.17, 15) is 8.42 Å². The maximum atomic E-state index is 12.8. The lowest BCUT2D eigenvalue weighted by Gasteiger charge is -2.30. The van der Waals surface area contributed by atoms with Crippen LogP contribution in [-0.2, 0) is 17.1 Å². The largest absolute Gasteiger partial charge is 0.489 e. The number of benzene rings is 1. The van der Waals surface area contributed by atoms with Crippen molar-refractivity contribution in [2.24, 2.45) is 7.05 Å². The van der Waals surface area contributed by atoms with Crippen LogP contribution in [0.25, 0.3) is 0 Å². The predicted octanol–water partition coefficient (Wildman–Crippen LogP) is 1.32. The minimum absolute atomic E-state index is 0.233. The van der Waals surface area contributed by atoms with Crippen LogP contribution in [0.15, 0.2) is 35.4 Å². The molecule has 0 atom stereocenters. The van der Waals surface area contributed by atoms with Gasteiger partial charge >= 0.3 is 0 Å². The molecule has 1 aromatic heterocycles. The van der Waals surface area contributed by atoms with Crippen LogP contribution < -0.4 is 9.04 Å². The first-order valence-electron chi connectivity index (χ1n) is 6.25. The lowest BCUT2D eigenvalue weighted by atomic mass is 10.2. The number of para-hydroxylation sites is 2. The maximum Gasteiger partial charge on any atom is 0.267 e. The van der Waals surface area contributed by atoms with Crippen LogP contribution in [0.3, 0.4) is 0 Å². The molecule has 6 nitrogen and oxygen atoms in total. The predicted molar refractivity (Wildman–Crippen MR) is 74.4 cm³/mol. The van der Waals surface area contributed by atoms with Crippen molar-refractivity contribution in [2.75, 3.05) is 17.5 Å². The third-order valence-corrected chi connectivity index (χ3v) is 5.14. The van der Waals surface area contributed by atoms with Crippen LogP contribution >= 0.6 is 0 Å². The monoisotopic (exact) mass is 293 g/mol. The highest BCUT2D eigenvalue weighted by Gasteiger charge is 2.32. The number of aryl methyl sites for hydroxylation is 2. The van der Waals surface area contributed by atoms with E-state index in [1.807, 2.05) is 6.07 Å². The Labute approximate surface area is 117 Å². The van der Waals surface area contributed by atoms with Gasteiger partial charge in [-0.05, 0) is 19.1 Å². The van der Waals surface area contributed by atoms with E-state index in [4.69, 9.17) is 4.74 Å². The average molecular weight is 293 g/mol. The molecule has 1 aliphatic heterocycles. The normalized spacial score (nSPS) is 14.8. The van der Waals surface area contributed by atoms with E-state index < -0.39 is 10.0 Å². The van der Waals surface area contributed by atoms with Crippen molar-refractivity contribution in [3.8, 4) is 5.75 Å². The molecule has 1 aliphatic rings. The molecule has 0 fully saturated rings.